The molecule has 0 heterocycles. The van der Waals surface area contributed by atoms with Gasteiger partial charge in [0.05, 0.1) is 0 Å². The van der Waals surface area contributed by atoms with Crippen LogP contribution in [0.2, 0.25) is 0 Å². The molecule has 0 saturated carbocycles. The van der Waals surface area contributed by atoms with Gasteiger partial charge in [0.2, 0.25) is 0 Å². The Hall–Kier alpha value is 0.186. The normalized spacial score (nSPS) is 9.85. The fraction of sp³-hybridized carbons (Fsp3) is 0.143. The van der Waals surface area contributed by atoms with Gasteiger partial charge in [0.25, 0.3) is 0 Å². The van der Waals surface area contributed by atoms with Crippen LogP contribution < -0.4 is 0 Å². The Morgan fingerprint density at radius 1 is 1.23 bits per heavy atom. The Balaban J connectivity index is 0. The first-order valence-corrected chi connectivity index (χ1v) is 2.74. The average Bonchev–Trinajstić information content (AvgIpc) is 1.86. The van der Waals surface area contributed by atoms with Crippen LogP contribution >= 0.6 is 0 Å². The van der Waals surface area contributed by atoms with Gasteiger partial charge in [-0.2, -0.15) is 31.4 Å². The molecule has 1 aromatic carbocycles. The summed E-state index contributed by atoms with van der Waals surface area (Å²) in [6, 6.07) is 4.54. The molecule has 0 unspecified atom stereocenters. The van der Waals surface area contributed by atoms with Gasteiger partial charge >= 0.3 is 6.18 Å². The van der Waals surface area contributed by atoms with E-state index in [1.165, 1.54) is 0 Å². The van der Waals surface area contributed by atoms with Gasteiger partial charge in [-0.15, -0.1) is 6.07 Å². The van der Waals surface area contributed by atoms with Crippen LogP contribution in [0.4, 0.5) is 17.6 Å². The predicted octanol–water partition coefficient (Wildman–Crippen LogP) is 1.82. The van der Waals surface area contributed by atoms with Gasteiger partial charge in [-0.25, -0.2) is 4.39 Å². The molecule has 2 N–H and O–H groups in total. The van der Waals surface area contributed by atoms with Crippen molar-refractivity contribution >= 4 is 0 Å². The van der Waals surface area contributed by atoms with Crippen LogP contribution in [0.1, 0.15) is 5.56 Å². The van der Waals surface area contributed by atoms with Crippen molar-refractivity contribution in [3.63, 3.8) is 0 Å². The third kappa shape index (κ3) is 4.28. The zero-order chi connectivity index (χ0) is 8.48. The van der Waals surface area contributed by atoms with Crippen molar-refractivity contribution in [2.24, 2.45) is 0 Å². The van der Waals surface area contributed by atoms with E-state index in [0.29, 0.717) is 6.07 Å². The summed E-state index contributed by atoms with van der Waals surface area (Å²) >= 11 is 0. The Morgan fingerprint density at radius 2 is 1.77 bits per heavy atom. The number of rotatable bonds is 0. The number of halogens is 4. The molecule has 0 saturated heterocycles. The molecule has 0 aliphatic rings. The molecule has 0 aromatic heterocycles. The van der Waals surface area contributed by atoms with Gasteiger partial charge in [0.1, 0.15) is 0 Å². The third-order valence-corrected chi connectivity index (χ3v) is 1.12. The van der Waals surface area contributed by atoms with E-state index in [0.717, 1.165) is 12.1 Å². The Morgan fingerprint density at radius 3 is 2.08 bits per heavy atom. The first-order chi connectivity index (χ1) is 5.02. The molecule has 0 atom stereocenters. The topological polar surface area (TPSA) is 31.5 Å². The van der Waals surface area contributed by atoms with Crippen LogP contribution in [0.3, 0.4) is 0 Å². The standard InChI is InChI=1S/C7H3F4.H2O.Tb/c8-6-4-2-1-3-5(6)7(9,10)11;;/h2-4H;1H2;/q-1;;. The fourth-order valence-electron chi connectivity index (χ4n) is 0.629. The van der Waals surface area contributed by atoms with Crippen molar-refractivity contribution in [1.82, 2.24) is 0 Å². The van der Waals surface area contributed by atoms with Crippen molar-refractivity contribution in [3.05, 3.63) is 35.6 Å². The van der Waals surface area contributed by atoms with Gasteiger partial charge in [0.15, 0.2) is 0 Å². The monoisotopic (exact) mass is 340 g/mol. The third-order valence-electron chi connectivity index (χ3n) is 1.12. The SMILES string of the molecule is Fc1cc[c-]cc1C(F)(F)F.O.[Tb]. The maximum absolute atomic E-state index is 12.3. The Labute approximate surface area is 103 Å². The maximum atomic E-state index is 12.3. The molecule has 1 radical (unpaired) electrons. The van der Waals surface area contributed by atoms with E-state index in [-0.39, 0.29) is 44.1 Å². The molecule has 0 spiro atoms. The minimum atomic E-state index is -4.62. The summed E-state index contributed by atoms with van der Waals surface area (Å²) in [5, 5.41) is 0. The van der Waals surface area contributed by atoms with Gasteiger partial charge in [-0.05, 0) is 5.56 Å². The van der Waals surface area contributed by atoms with E-state index in [4.69, 9.17) is 0 Å². The van der Waals surface area contributed by atoms with Crippen LogP contribution in [0.15, 0.2) is 18.2 Å². The Bertz CT molecular complexity index is 261. The second-order valence-corrected chi connectivity index (χ2v) is 1.90. The van der Waals surface area contributed by atoms with Crippen LogP contribution in [0.5, 0.6) is 0 Å². The molecule has 6 heteroatoms. The zero-order valence-electron chi connectivity index (χ0n) is 6.08. The number of hydrogen-bond donors (Lipinski definition) is 0. The van der Waals surface area contributed by atoms with Gasteiger partial charge in [-0.3, -0.25) is 0 Å². The number of alkyl halides is 3. The van der Waals surface area contributed by atoms with Crippen LogP contribution in [0, 0.1) is 50.5 Å². The zero-order valence-corrected chi connectivity index (χ0v) is 8.22. The summed E-state index contributed by atoms with van der Waals surface area (Å²) in [5.74, 6) is -1.27. The molecule has 1 nitrogen and oxygen atoms in total. The second-order valence-electron chi connectivity index (χ2n) is 1.90. The molecule has 0 aliphatic carbocycles. The van der Waals surface area contributed by atoms with E-state index in [1.807, 2.05) is 0 Å². The summed E-state index contributed by atoms with van der Waals surface area (Å²) in [4.78, 5) is 0. The summed E-state index contributed by atoms with van der Waals surface area (Å²) < 4.78 is 47.7. The van der Waals surface area contributed by atoms with Gasteiger partial charge in [0, 0.05) is 44.4 Å². The molecule has 1 rings (SSSR count). The molecule has 0 bridgehead atoms. The van der Waals surface area contributed by atoms with Crippen LogP contribution in [0.25, 0.3) is 0 Å². The van der Waals surface area contributed by atoms with Crippen LogP contribution in [-0.2, 0) is 6.18 Å². The summed E-state index contributed by atoms with van der Waals surface area (Å²) in [5.41, 5.74) is -1.28. The van der Waals surface area contributed by atoms with Crippen molar-refractivity contribution in [3.8, 4) is 0 Å². The number of benzene rings is 1. The van der Waals surface area contributed by atoms with E-state index < -0.39 is 17.6 Å². The van der Waals surface area contributed by atoms with E-state index in [9.17, 15) is 17.6 Å². The molecular formula is C7H5F4OTb-. The minimum Gasteiger partial charge on any atom is -0.412 e. The van der Waals surface area contributed by atoms with Gasteiger partial charge < -0.3 is 5.48 Å². The molecule has 0 aliphatic heterocycles. The summed E-state index contributed by atoms with van der Waals surface area (Å²) in [6.45, 7) is 0. The molecule has 77 valence electrons. The number of hydrogen-bond acceptors (Lipinski definition) is 0. The van der Waals surface area contributed by atoms with E-state index in [1.54, 1.807) is 0 Å². The first kappa shape index (κ1) is 15.6. The van der Waals surface area contributed by atoms with E-state index in [2.05, 4.69) is 6.07 Å². The Kier molecular flexibility index (Phi) is 7.01. The second kappa shape index (κ2) is 5.82. The van der Waals surface area contributed by atoms with Gasteiger partial charge in [-0.1, -0.05) is 0 Å². The molecule has 1 aromatic rings. The largest absolute Gasteiger partial charge is 0.412 e. The first-order valence-electron chi connectivity index (χ1n) is 2.74. The minimum absolute atomic E-state index is 0. The van der Waals surface area contributed by atoms with Crippen molar-refractivity contribution in [2.45, 2.75) is 6.18 Å². The van der Waals surface area contributed by atoms with Crippen molar-refractivity contribution < 1.29 is 61.6 Å². The smallest absolute Gasteiger partial charge is 0.372 e. The average molecular weight is 340 g/mol. The molecular weight excluding hydrogens is 335 g/mol. The fourth-order valence-corrected chi connectivity index (χ4v) is 0.629. The molecule has 0 fully saturated rings. The predicted molar refractivity (Wildman–Crippen MR) is 33.9 cm³/mol. The van der Waals surface area contributed by atoms with E-state index >= 15 is 0 Å². The van der Waals surface area contributed by atoms with Crippen molar-refractivity contribution in [1.29, 1.82) is 0 Å². The summed E-state index contributed by atoms with van der Waals surface area (Å²) in [6.07, 6.45) is -4.62. The molecule has 0 amide bonds. The van der Waals surface area contributed by atoms with Crippen LogP contribution in [-0.4, -0.2) is 5.48 Å². The maximum Gasteiger partial charge on any atom is 0.372 e. The molecule has 13 heavy (non-hydrogen) atoms. The quantitative estimate of drug-likeness (QED) is 0.510. The summed E-state index contributed by atoms with van der Waals surface area (Å²) in [7, 11) is 0. The van der Waals surface area contributed by atoms with Crippen molar-refractivity contribution in [2.75, 3.05) is 0 Å².